The van der Waals surface area contributed by atoms with Crippen LogP contribution >= 0.6 is 11.8 Å². The molecule has 1 unspecified atom stereocenters. The second-order valence-corrected chi connectivity index (χ2v) is 10.3. The van der Waals surface area contributed by atoms with Crippen molar-refractivity contribution in [1.82, 2.24) is 10.5 Å². The van der Waals surface area contributed by atoms with E-state index in [1.54, 1.807) is 11.8 Å². The van der Waals surface area contributed by atoms with Gasteiger partial charge in [-0.3, -0.25) is 4.79 Å². The summed E-state index contributed by atoms with van der Waals surface area (Å²) in [6.45, 7) is 8.83. The first-order valence-corrected chi connectivity index (χ1v) is 10.8. The summed E-state index contributed by atoms with van der Waals surface area (Å²) in [6, 6.07) is 0.151. The zero-order valence-corrected chi connectivity index (χ0v) is 17.1. The normalized spacial score (nSPS) is 32.9. The Morgan fingerprint density at radius 1 is 1.27 bits per heavy atom. The van der Waals surface area contributed by atoms with Crippen molar-refractivity contribution in [3.05, 3.63) is 23.6 Å². The third-order valence-corrected chi connectivity index (χ3v) is 8.88. The van der Waals surface area contributed by atoms with Crippen LogP contribution in [0.25, 0.3) is 0 Å². The van der Waals surface area contributed by atoms with Gasteiger partial charge in [-0.2, -0.15) is 0 Å². The molecule has 1 aromatic heterocycles. The predicted octanol–water partition coefficient (Wildman–Crippen LogP) is 5.13. The zero-order valence-electron chi connectivity index (χ0n) is 16.3. The van der Waals surface area contributed by atoms with Gasteiger partial charge in [-0.25, -0.2) is 0 Å². The van der Waals surface area contributed by atoms with Gasteiger partial charge < -0.3 is 9.84 Å². The standard InChI is InChI=1S/C21H30N2O2S/c1-13-18(26-15-8-6-5-7-9-15)17(25-23-13)19(24)22-16-12-14-10-11-21(16,4)20(14,2)3/h10-11,14-16H,5-9,12H2,1-4H3,(H,22,24)/t14-,16?,21+/m0/s1. The lowest BCUT2D eigenvalue weighted by atomic mass is 9.69. The van der Waals surface area contributed by atoms with Crippen LogP contribution in [0, 0.1) is 23.7 Å². The number of carbonyl (C=O) groups is 1. The summed E-state index contributed by atoms with van der Waals surface area (Å²) in [7, 11) is 0. The first-order chi connectivity index (χ1) is 12.3. The third kappa shape index (κ3) is 2.74. The van der Waals surface area contributed by atoms with Crippen LogP contribution in [0.5, 0.6) is 0 Å². The highest BCUT2D eigenvalue weighted by atomic mass is 32.2. The van der Waals surface area contributed by atoms with Gasteiger partial charge in [0, 0.05) is 16.7 Å². The number of aromatic nitrogens is 1. The van der Waals surface area contributed by atoms with E-state index in [0.29, 0.717) is 16.9 Å². The molecule has 1 N–H and O–H groups in total. The molecule has 2 saturated carbocycles. The average molecular weight is 375 g/mol. The smallest absolute Gasteiger partial charge is 0.291 e. The molecular weight excluding hydrogens is 344 g/mol. The van der Waals surface area contributed by atoms with Crippen molar-refractivity contribution in [2.24, 2.45) is 16.7 Å². The van der Waals surface area contributed by atoms with Crippen molar-refractivity contribution >= 4 is 17.7 Å². The summed E-state index contributed by atoms with van der Waals surface area (Å²) in [5, 5.41) is 7.96. The Balaban J connectivity index is 1.50. The van der Waals surface area contributed by atoms with E-state index in [2.05, 4.69) is 43.4 Å². The molecule has 1 heterocycles. The summed E-state index contributed by atoms with van der Waals surface area (Å²) in [6.07, 6.45) is 12.0. The minimum atomic E-state index is -0.105. The number of amides is 1. The van der Waals surface area contributed by atoms with E-state index in [1.807, 2.05) is 6.92 Å². The Morgan fingerprint density at radius 3 is 2.62 bits per heavy atom. The SMILES string of the molecule is Cc1noc(C(=O)NC2C[C@@H]3C=C[C@@]2(C)C3(C)C)c1SC1CCCCC1. The lowest BCUT2D eigenvalue weighted by Gasteiger charge is -2.38. The summed E-state index contributed by atoms with van der Waals surface area (Å²) in [5.41, 5.74) is 1.02. The number of nitrogens with one attached hydrogen (secondary N) is 1. The summed E-state index contributed by atoms with van der Waals surface area (Å²) >= 11 is 1.79. The minimum Gasteiger partial charge on any atom is -0.350 e. The molecule has 4 rings (SSSR count). The number of aryl methyl sites for hydroxylation is 1. The maximum Gasteiger partial charge on any atom is 0.291 e. The number of fused-ring (bicyclic) bond motifs is 2. The zero-order chi connectivity index (χ0) is 18.5. The predicted molar refractivity (Wildman–Crippen MR) is 104 cm³/mol. The van der Waals surface area contributed by atoms with Crippen LogP contribution in [0.3, 0.4) is 0 Å². The van der Waals surface area contributed by atoms with Crippen molar-refractivity contribution in [2.45, 2.75) is 82.4 Å². The molecule has 142 valence electrons. The maximum atomic E-state index is 13.0. The third-order valence-electron chi connectivity index (χ3n) is 7.36. The highest BCUT2D eigenvalue weighted by molar-refractivity contribution is 8.00. The minimum absolute atomic E-state index is 0.000924. The van der Waals surface area contributed by atoms with Crippen LogP contribution in [0.1, 0.15) is 75.5 Å². The van der Waals surface area contributed by atoms with E-state index in [9.17, 15) is 4.79 Å². The summed E-state index contributed by atoms with van der Waals surface area (Å²) in [4.78, 5) is 14.0. The fourth-order valence-corrected chi connectivity index (χ4v) is 6.38. The quantitative estimate of drug-likeness (QED) is 0.743. The second-order valence-electron chi connectivity index (χ2n) is 9.04. The molecule has 4 nitrogen and oxygen atoms in total. The summed E-state index contributed by atoms with van der Waals surface area (Å²) in [5.74, 6) is 0.837. The Kier molecular flexibility index (Phi) is 4.49. The number of carbonyl (C=O) groups excluding carboxylic acids is 1. The monoisotopic (exact) mass is 374 g/mol. The number of nitrogens with zero attached hydrogens (tertiary/aromatic N) is 1. The first-order valence-electron chi connectivity index (χ1n) is 9.96. The lowest BCUT2D eigenvalue weighted by molar-refractivity contribution is 0.0845. The van der Waals surface area contributed by atoms with Crippen LogP contribution in [0.4, 0.5) is 0 Å². The van der Waals surface area contributed by atoms with Gasteiger partial charge in [-0.1, -0.05) is 57.3 Å². The van der Waals surface area contributed by atoms with E-state index >= 15 is 0 Å². The van der Waals surface area contributed by atoms with Crippen molar-refractivity contribution in [3.8, 4) is 0 Å². The molecule has 0 spiro atoms. The van der Waals surface area contributed by atoms with Crippen LogP contribution < -0.4 is 5.32 Å². The summed E-state index contributed by atoms with van der Waals surface area (Å²) < 4.78 is 5.47. The Bertz CT molecular complexity index is 732. The van der Waals surface area contributed by atoms with Crippen molar-refractivity contribution in [2.75, 3.05) is 0 Å². The number of hydrogen-bond acceptors (Lipinski definition) is 4. The molecule has 26 heavy (non-hydrogen) atoms. The maximum absolute atomic E-state index is 13.0. The molecule has 2 bridgehead atoms. The molecule has 0 radical (unpaired) electrons. The van der Waals surface area contributed by atoms with Crippen LogP contribution in [-0.2, 0) is 0 Å². The molecule has 1 amide bonds. The fraction of sp³-hybridized carbons (Fsp3) is 0.714. The van der Waals surface area contributed by atoms with E-state index in [4.69, 9.17) is 4.52 Å². The number of allylic oxidation sites excluding steroid dienone is 1. The number of thioether (sulfide) groups is 1. The first kappa shape index (κ1) is 18.1. The van der Waals surface area contributed by atoms with Gasteiger partial charge in [-0.15, -0.1) is 11.8 Å². The van der Waals surface area contributed by atoms with Gasteiger partial charge in [0.25, 0.3) is 5.91 Å². The van der Waals surface area contributed by atoms with Gasteiger partial charge in [0.15, 0.2) is 0 Å². The molecule has 2 fully saturated rings. The second kappa shape index (κ2) is 6.43. The Morgan fingerprint density at radius 2 is 2.00 bits per heavy atom. The molecular formula is C21H30N2O2S. The molecule has 0 saturated heterocycles. The average Bonchev–Trinajstić information content (AvgIpc) is 3.14. The molecule has 3 atom stereocenters. The van der Waals surface area contributed by atoms with Crippen LogP contribution in [0.2, 0.25) is 0 Å². The van der Waals surface area contributed by atoms with Crippen molar-refractivity contribution in [1.29, 1.82) is 0 Å². The number of rotatable bonds is 4. The molecule has 3 aliphatic carbocycles. The topological polar surface area (TPSA) is 55.1 Å². The van der Waals surface area contributed by atoms with Crippen molar-refractivity contribution in [3.63, 3.8) is 0 Å². The van der Waals surface area contributed by atoms with E-state index < -0.39 is 0 Å². The highest BCUT2D eigenvalue weighted by Crippen LogP contribution is 2.61. The fourth-order valence-electron chi connectivity index (χ4n) is 5.03. The van der Waals surface area contributed by atoms with Crippen molar-refractivity contribution < 1.29 is 9.32 Å². The van der Waals surface area contributed by atoms with Gasteiger partial charge in [-0.05, 0) is 37.5 Å². The lowest BCUT2D eigenvalue weighted by Crippen LogP contribution is -2.46. The molecule has 0 aromatic carbocycles. The van der Waals surface area contributed by atoms with Gasteiger partial charge >= 0.3 is 0 Å². The number of hydrogen-bond donors (Lipinski definition) is 1. The molecule has 3 aliphatic rings. The Labute approximate surface area is 160 Å². The van der Waals surface area contributed by atoms with Gasteiger partial charge in [0.1, 0.15) is 0 Å². The van der Waals surface area contributed by atoms with E-state index in [1.165, 1.54) is 32.1 Å². The van der Waals surface area contributed by atoms with E-state index in [-0.39, 0.29) is 22.8 Å². The van der Waals surface area contributed by atoms with Gasteiger partial charge in [0.2, 0.25) is 5.76 Å². The molecule has 5 heteroatoms. The van der Waals surface area contributed by atoms with Crippen LogP contribution in [-0.4, -0.2) is 22.4 Å². The molecule has 1 aromatic rings. The van der Waals surface area contributed by atoms with E-state index in [0.717, 1.165) is 17.0 Å². The van der Waals surface area contributed by atoms with Crippen LogP contribution in [0.15, 0.2) is 21.6 Å². The Hall–Kier alpha value is -1.23. The highest BCUT2D eigenvalue weighted by Gasteiger charge is 2.59. The molecule has 0 aliphatic heterocycles. The largest absolute Gasteiger partial charge is 0.350 e. The van der Waals surface area contributed by atoms with Gasteiger partial charge in [0.05, 0.1) is 10.6 Å².